The first kappa shape index (κ1) is 78.5. The number of morpholine rings is 1. The van der Waals surface area contributed by atoms with E-state index in [1.807, 2.05) is 4.90 Å². The Morgan fingerprint density at radius 2 is 0.830 bits per heavy atom. The molecule has 0 spiro atoms. The van der Waals surface area contributed by atoms with Crippen LogP contribution < -0.4 is 17.2 Å². The van der Waals surface area contributed by atoms with Crippen molar-refractivity contribution in [2.45, 2.75) is 184 Å². The van der Waals surface area contributed by atoms with Gasteiger partial charge in [0.1, 0.15) is 22.9 Å². The lowest BCUT2D eigenvalue weighted by atomic mass is 9.80. The second-order valence-corrected chi connectivity index (χ2v) is 32.8. The molecule has 0 radical (unpaired) electrons. The largest absolute Gasteiger partial charge is 0.450 e. The molecule has 3 unspecified atom stereocenters. The highest BCUT2D eigenvalue weighted by molar-refractivity contribution is 7.89. The third-order valence-electron chi connectivity index (χ3n) is 21.8. The summed E-state index contributed by atoms with van der Waals surface area (Å²) in [7, 11) is -4.04. The zero-order valence-corrected chi connectivity index (χ0v) is 59.0. The second kappa shape index (κ2) is 33.4. The van der Waals surface area contributed by atoms with Gasteiger partial charge in [0.05, 0.1) is 31.3 Å². The van der Waals surface area contributed by atoms with E-state index in [9.17, 15) is 75.5 Å². The van der Waals surface area contributed by atoms with Crippen molar-refractivity contribution >= 4 is 43.9 Å². The van der Waals surface area contributed by atoms with Crippen LogP contribution in [-0.4, -0.2) is 208 Å². The van der Waals surface area contributed by atoms with Crippen molar-refractivity contribution in [1.29, 1.82) is 0 Å². The van der Waals surface area contributed by atoms with Crippen LogP contribution in [0, 0.1) is 81.4 Å². The number of piperidine rings is 3. The van der Waals surface area contributed by atoms with Gasteiger partial charge in [-0.25, -0.2) is 61.1 Å². The minimum Gasteiger partial charge on any atom is -0.450 e. The number of nitrogens with two attached hydrogens (primary N) is 3. The van der Waals surface area contributed by atoms with Crippen LogP contribution in [0.4, 0.5) is 44.3 Å². The molecule has 100 heavy (non-hydrogen) atoms. The molecule has 6 N–H and O–H groups in total. The van der Waals surface area contributed by atoms with Crippen molar-refractivity contribution in [3.63, 3.8) is 0 Å². The molecule has 0 saturated carbocycles. The first-order chi connectivity index (χ1) is 47.2. The zero-order chi connectivity index (χ0) is 72.9. The molecule has 12 atom stereocenters. The second-order valence-electron chi connectivity index (χ2n) is 28.8. The number of ether oxygens (including phenoxy) is 3. The van der Waals surface area contributed by atoms with Gasteiger partial charge in [-0.1, -0.05) is 0 Å². The van der Waals surface area contributed by atoms with E-state index in [-0.39, 0.29) is 145 Å². The fraction of sp³-hybridized carbons (Fsp3) is 0.681. The Morgan fingerprint density at radius 1 is 0.500 bits per heavy atom. The van der Waals surface area contributed by atoms with Crippen molar-refractivity contribution in [2.24, 2.45) is 46.3 Å². The Bertz CT molecular complexity index is 3590. The minimum absolute atomic E-state index is 0.0146. The number of carbonyl (C=O) groups excluding carboxylic acids is 4. The summed E-state index contributed by atoms with van der Waals surface area (Å²) in [6.07, 6.45) is 8.91. The molecular weight excluding hydrogens is 1370 g/mol. The summed E-state index contributed by atoms with van der Waals surface area (Å²) in [6.45, 7) is 8.44. The first-order valence-corrected chi connectivity index (χ1v) is 38.0. The molecule has 4 amide bonds. The number of carbonyl (C=O) groups is 4. The number of amides is 4. The molecule has 558 valence electrons. The highest BCUT2D eigenvalue weighted by Gasteiger charge is 2.53. The average Bonchev–Trinajstić information content (AvgIpc) is 1.57. The van der Waals surface area contributed by atoms with E-state index in [4.69, 9.17) is 31.4 Å². The topological polar surface area (TPSA) is 262 Å². The molecule has 0 aliphatic carbocycles. The average molecular weight is 1460 g/mol. The van der Waals surface area contributed by atoms with Gasteiger partial charge in [0, 0.05) is 132 Å². The summed E-state index contributed by atoms with van der Waals surface area (Å²) in [6, 6.07) is 1.85. The van der Waals surface area contributed by atoms with Gasteiger partial charge in [0.15, 0.2) is 34.9 Å². The molecule has 8 aliphatic rings. The Labute approximate surface area is 580 Å². The van der Waals surface area contributed by atoms with Gasteiger partial charge in [-0.05, 0) is 183 Å². The highest BCUT2D eigenvalue weighted by atomic mass is 32.2. The summed E-state index contributed by atoms with van der Waals surface area (Å²) in [5.74, 6) is -10.4. The predicted octanol–water partition coefficient (Wildman–Crippen LogP) is 7.69. The molecule has 8 heterocycles. The monoisotopic (exact) mass is 1460 g/mol. The molecule has 3 aromatic rings. The van der Waals surface area contributed by atoms with E-state index in [1.54, 1.807) is 41.3 Å². The van der Waals surface area contributed by atoms with Crippen molar-refractivity contribution in [3.8, 4) is 0 Å². The zero-order valence-electron chi connectivity index (χ0n) is 57.4. The standard InChI is InChI=1S/C24H34F3N3O4S.C24H32F3N3O3.C21H30F3N3O4S/c1-29(24(31)15-4-7-34-8-5-15)6-9-35(32,33)30-18-2-3-19(30)11-17(10-18)23(28)13-16-12-21(26)22(27)14-20(16)25;1-24(2,22(31)29-5-7-33-8-6-29)23(32)30-16-3-4-17(30)10-15(9-16)21(28)12-14-11-19(26)20(27)13-18(14)25;1-3-31-21(28)26(2)6-7-32(29,30)27-15-4-5-16(27)9-14(8-15)20(25)11-13-10-18(23)19(24)12-17(13)22/h12,14-15,17-19,23H,2-11,13,28H2,1H3;11,13,15-17,21H,3-10,12,28H2,1-2H3;10,12,14-16,20H,3-9,11,25H2,1-2H3/t17?,18-,19+,23-;15?,16-,17+,21-;14?,15-,16+,20-/m111/s1. The molecule has 0 aromatic heterocycles. The number of benzene rings is 3. The SMILES string of the molecule is CC(C)(C(=O)N1CCOCC1)C(=O)N1[C@@H]2CC[C@H]1CC([C@H](N)Cc1cc(F)c(F)cc1F)C2.CCOC(=O)N(C)CCS(=O)(=O)N1[C@@H]2CC[C@H]1CC([C@H](N)Cc1cc(F)c(F)cc1F)C2.CN(CCS(=O)(=O)N1[C@@H]2CC[C@H]1CC([C@H](N)Cc1cc(F)c(F)cc1F)C2)C(=O)C1CCOCC1. The van der Waals surface area contributed by atoms with Crippen LogP contribution in [0.25, 0.3) is 0 Å². The summed E-state index contributed by atoms with van der Waals surface area (Å²) < 4.78 is 194. The smallest absolute Gasteiger partial charge is 0.409 e. The van der Waals surface area contributed by atoms with Crippen molar-refractivity contribution in [1.82, 2.24) is 28.2 Å². The van der Waals surface area contributed by atoms with Gasteiger partial charge in [-0.3, -0.25) is 14.4 Å². The lowest BCUT2D eigenvalue weighted by Crippen LogP contribution is -2.58. The number of hydrogen-bond donors (Lipinski definition) is 3. The third kappa shape index (κ3) is 18.4. The highest BCUT2D eigenvalue weighted by Crippen LogP contribution is 2.46. The van der Waals surface area contributed by atoms with E-state index < -0.39 is 102 Å². The molecular formula is C69H96F9N9O11S2. The maximum atomic E-state index is 14.1. The lowest BCUT2D eigenvalue weighted by Gasteiger charge is -2.44. The summed E-state index contributed by atoms with van der Waals surface area (Å²) >= 11 is 0. The van der Waals surface area contributed by atoms with Crippen LogP contribution in [0.3, 0.4) is 0 Å². The normalized spacial score (nSPS) is 25.8. The molecule has 8 saturated heterocycles. The molecule has 8 fully saturated rings. The molecule has 6 bridgehead atoms. The maximum absolute atomic E-state index is 14.1. The number of fused-ring (bicyclic) bond motifs is 6. The van der Waals surface area contributed by atoms with Gasteiger partial charge in [-0.2, -0.15) is 8.61 Å². The van der Waals surface area contributed by atoms with E-state index >= 15 is 0 Å². The summed E-state index contributed by atoms with van der Waals surface area (Å²) in [5.41, 5.74) is 18.0. The minimum atomic E-state index is -3.60. The van der Waals surface area contributed by atoms with E-state index in [1.165, 1.54) is 16.8 Å². The number of hydrogen-bond acceptors (Lipinski definition) is 14. The van der Waals surface area contributed by atoms with Crippen LogP contribution in [0.2, 0.25) is 0 Å². The number of nitrogens with zero attached hydrogens (tertiary/aromatic N) is 6. The van der Waals surface area contributed by atoms with E-state index in [0.717, 1.165) is 43.9 Å². The molecule has 3 aromatic carbocycles. The van der Waals surface area contributed by atoms with Crippen LogP contribution in [0.5, 0.6) is 0 Å². The van der Waals surface area contributed by atoms with Gasteiger partial charge in [0.2, 0.25) is 37.8 Å². The summed E-state index contributed by atoms with van der Waals surface area (Å²) in [5, 5.41) is 0. The first-order valence-electron chi connectivity index (χ1n) is 34.8. The van der Waals surface area contributed by atoms with E-state index in [2.05, 4.69) is 0 Å². The number of sulfonamides is 2. The Kier molecular flexibility index (Phi) is 26.2. The number of rotatable bonds is 21. The molecule has 11 rings (SSSR count). The Morgan fingerprint density at radius 3 is 1.20 bits per heavy atom. The van der Waals surface area contributed by atoms with Gasteiger partial charge in [-0.15, -0.1) is 0 Å². The quantitative estimate of drug-likeness (QED) is 0.0525. The molecule has 8 aliphatic heterocycles. The number of halogens is 9. The van der Waals surface area contributed by atoms with Gasteiger partial charge in [0.25, 0.3) is 0 Å². The lowest BCUT2D eigenvalue weighted by molar-refractivity contribution is -0.159. The fourth-order valence-electron chi connectivity index (χ4n) is 16.3. The Hall–Kier alpha value is -5.67. The molecule has 31 heteroatoms. The van der Waals surface area contributed by atoms with E-state index in [0.29, 0.717) is 122 Å². The fourth-order valence-corrected chi connectivity index (χ4v) is 20.3. The Balaban J connectivity index is 0.000000175. The van der Waals surface area contributed by atoms with Crippen LogP contribution in [0.15, 0.2) is 36.4 Å². The van der Waals surface area contributed by atoms with Gasteiger partial charge >= 0.3 is 6.09 Å². The molecule has 20 nitrogen and oxygen atoms in total. The maximum Gasteiger partial charge on any atom is 0.409 e. The van der Waals surface area contributed by atoms with Crippen molar-refractivity contribution < 1.29 is 89.7 Å². The van der Waals surface area contributed by atoms with Crippen LogP contribution >= 0.6 is 0 Å². The summed E-state index contributed by atoms with van der Waals surface area (Å²) in [4.78, 5) is 57.3. The van der Waals surface area contributed by atoms with Gasteiger partial charge < -0.3 is 51.0 Å². The third-order valence-corrected chi connectivity index (χ3v) is 25.6. The van der Waals surface area contributed by atoms with Crippen molar-refractivity contribution in [2.75, 3.05) is 84.8 Å². The van der Waals surface area contributed by atoms with Crippen molar-refractivity contribution in [3.05, 3.63) is 105 Å². The predicted molar refractivity (Wildman–Crippen MR) is 353 cm³/mol. The van der Waals surface area contributed by atoms with Crippen LogP contribution in [0.1, 0.15) is 127 Å². The van der Waals surface area contributed by atoms with Crippen LogP contribution in [-0.2, 0) is 67.9 Å².